The normalized spacial score (nSPS) is 16.1. The molecular formula is C5H6IN3O2. The number of urea groups is 1. The predicted molar refractivity (Wildman–Crippen MR) is 46.8 cm³/mol. The van der Waals surface area contributed by atoms with Crippen LogP contribution in [0.5, 0.6) is 0 Å². The Kier molecular flexibility index (Phi) is 2.69. The number of carbonyl (C=O) groups is 2. The fourth-order valence-electron chi connectivity index (χ4n) is 0.664. The summed E-state index contributed by atoms with van der Waals surface area (Å²) in [7, 11) is 0. The summed E-state index contributed by atoms with van der Waals surface area (Å²) in [5, 5.41) is 4.84. The van der Waals surface area contributed by atoms with E-state index in [9.17, 15) is 9.59 Å². The molecule has 0 atom stereocenters. The Balaban J connectivity index is 2.65. The highest BCUT2D eigenvalue weighted by molar-refractivity contribution is 14.1. The highest BCUT2D eigenvalue weighted by Crippen LogP contribution is 1.94. The average Bonchev–Trinajstić information content (AvgIpc) is 2.03. The van der Waals surface area contributed by atoms with E-state index in [0.717, 1.165) is 0 Å². The van der Waals surface area contributed by atoms with Crippen molar-refractivity contribution in [2.24, 2.45) is 0 Å². The first kappa shape index (κ1) is 8.31. The van der Waals surface area contributed by atoms with Gasteiger partial charge in [-0.3, -0.25) is 8.32 Å². The zero-order chi connectivity index (χ0) is 8.27. The molecule has 0 bridgehead atoms. The number of carbonyl (C=O) groups excluding carboxylic acids is 2. The van der Waals surface area contributed by atoms with Gasteiger partial charge in [0.1, 0.15) is 5.70 Å². The van der Waals surface area contributed by atoms with Crippen molar-refractivity contribution < 1.29 is 9.59 Å². The Morgan fingerprint density at radius 2 is 2.45 bits per heavy atom. The van der Waals surface area contributed by atoms with E-state index < -0.39 is 0 Å². The molecule has 11 heavy (non-hydrogen) atoms. The monoisotopic (exact) mass is 267 g/mol. The van der Waals surface area contributed by atoms with E-state index in [2.05, 4.69) is 14.2 Å². The summed E-state index contributed by atoms with van der Waals surface area (Å²) in [6, 6.07) is -0.345. The van der Waals surface area contributed by atoms with Gasteiger partial charge in [0.2, 0.25) is 0 Å². The van der Waals surface area contributed by atoms with Crippen molar-refractivity contribution in [3.8, 4) is 0 Å². The summed E-state index contributed by atoms with van der Waals surface area (Å²) in [6.45, 7) is 0.394. The summed E-state index contributed by atoms with van der Waals surface area (Å²) >= 11 is 1.71. The minimum atomic E-state index is -0.345. The Morgan fingerprint density at radius 1 is 1.73 bits per heavy atom. The number of hydrogen-bond acceptors (Lipinski definition) is 2. The van der Waals surface area contributed by atoms with Crippen LogP contribution in [0.25, 0.3) is 0 Å². The summed E-state index contributed by atoms with van der Waals surface area (Å²) in [5.41, 5.74) is 0.295. The molecule has 6 heteroatoms. The zero-order valence-corrected chi connectivity index (χ0v) is 7.64. The van der Waals surface area contributed by atoms with E-state index >= 15 is 0 Å². The second-order valence-electron chi connectivity index (χ2n) is 1.88. The Hall–Kier alpha value is -0.790. The van der Waals surface area contributed by atoms with E-state index in [1.54, 1.807) is 28.9 Å². The molecule has 5 nitrogen and oxygen atoms in total. The highest BCUT2D eigenvalue weighted by Gasteiger charge is 2.14. The molecule has 3 N–H and O–H groups in total. The molecule has 0 saturated carbocycles. The van der Waals surface area contributed by atoms with Crippen LogP contribution in [0.2, 0.25) is 0 Å². The van der Waals surface area contributed by atoms with Crippen LogP contribution in [0, 0.1) is 0 Å². The summed E-state index contributed by atoms with van der Waals surface area (Å²) in [5.74, 6) is -0.291. The molecule has 1 heterocycles. The number of amides is 3. The molecule has 1 rings (SSSR count). The number of nitrogens with one attached hydrogen (secondary N) is 3. The van der Waals surface area contributed by atoms with Crippen molar-refractivity contribution >= 4 is 34.8 Å². The fourth-order valence-corrected chi connectivity index (χ4v) is 0.954. The third-order valence-corrected chi connectivity index (χ3v) is 1.64. The molecule has 0 radical (unpaired) electrons. The maximum Gasteiger partial charge on any atom is 0.319 e. The number of hydrogen-bond donors (Lipinski definition) is 3. The Morgan fingerprint density at radius 3 is 3.00 bits per heavy atom. The highest BCUT2D eigenvalue weighted by atomic mass is 127. The first-order valence-corrected chi connectivity index (χ1v) is 3.98. The van der Waals surface area contributed by atoms with Crippen LogP contribution in [0.3, 0.4) is 0 Å². The maximum absolute atomic E-state index is 10.9. The summed E-state index contributed by atoms with van der Waals surface area (Å²) < 4.78 is 2.38. The molecule has 0 fully saturated rings. The SMILES string of the molecule is O=C1NCC=C(C(=O)NI)N1. The van der Waals surface area contributed by atoms with E-state index in [1.165, 1.54) is 0 Å². The lowest BCUT2D eigenvalue weighted by molar-refractivity contribution is -0.115. The van der Waals surface area contributed by atoms with Gasteiger partial charge in [-0.1, -0.05) is 0 Å². The van der Waals surface area contributed by atoms with Gasteiger partial charge in [0.25, 0.3) is 5.91 Å². The third kappa shape index (κ3) is 2.07. The number of rotatable bonds is 1. The Bertz CT molecular complexity index is 226. The van der Waals surface area contributed by atoms with Gasteiger partial charge in [-0.2, -0.15) is 0 Å². The molecule has 0 aliphatic carbocycles. The first-order valence-electron chi connectivity index (χ1n) is 2.90. The van der Waals surface area contributed by atoms with Gasteiger partial charge in [-0.15, -0.1) is 0 Å². The summed E-state index contributed by atoms with van der Waals surface area (Å²) in [4.78, 5) is 21.5. The topological polar surface area (TPSA) is 70.2 Å². The van der Waals surface area contributed by atoms with Crippen molar-refractivity contribution in [2.45, 2.75) is 0 Å². The van der Waals surface area contributed by atoms with Crippen LogP contribution in [0.1, 0.15) is 0 Å². The van der Waals surface area contributed by atoms with Crippen molar-refractivity contribution in [3.05, 3.63) is 11.8 Å². The first-order chi connectivity index (χ1) is 5.24. The van der Waals surface area contributed by atoms with Crippen LogP contribution >= 0.6 is 22.9 Å². The van der Waals surface area contributed by atoms with Gasteiger partial charge in [-0.05, 0) is 6.08 Å². The van der Waals surface area contributed by atoms with Crippen LogP contribution < -0.4 is 14.2 Å². The minimum Gasteiger partial charge on any atom is -0.334 e. The Labute approximate surface area is 77.1 Å². The van der Waals surface area contributed by atoms with Crippen molar-refractivity contribution in [1.82, 2.24) is 14.2 Å². The molecule has 0 aromatic carbocycles. The van der Waals surface area contributed by atoms with Gasteiger partial charge in [0.05, 0.1) is 22.9 Å². The van der Waals surface area contributed by atoms with E-state index in [4.69, 9.17) is 0 Å². The van der Waals surface area contributed by atoms with E-state index in [0.29, 0.717) is 12.2 Å². The molecule has 0 aromatic rings. The quantitative estimate of drug-likeness (QED) is 0.449. The molecule has 60 valence electrons. The smallest absolute Gasteiger partial charge is 0.319 e. The number of halogens is 1. The maximum atomic E-state index is 10.9. The van der Waals surface area contributed by atoms with Crippen LogP contribution in [-0.2, 0) is 4.79 Å². The van der Waals surface area contributed by atoms with Gasteiger partial charge in [-0.25, -0.2) is 4.79 Å². The third-order valence-electron chi connectivity index (χ3n) is 1.15. The molecule has 3 amide bonds. The van der Waals surface area contributed by atoms with Crippen LogP contribution in [-0.4, -0.2) is 18.5 Å². The lowest BCUT2D eigenvalue weighted by Crippen LogP contribution is -2.43. The van der Waals surface area contributed by atoms with Crippen LogP contribution in [0.4, 0.5) is 4.79 Å². The predicted octanol–water partition coefficient (Wildman–Crippen LogP) is -0.351. The average molecular weight is 267 g/mol. The van der Waals surface area contributed by atoms with Crippen LogP contribution in [0.15, 0.2) is 11.8 Å². The molecule has 0 unspecified atom stereocenters. The second-order valence-corrected chi connectivity index (χ2v) is 2.42. The van der Waals surface area contributed by atoms with Gasteiger partial charge in [0.15, 0.2) is 0 Å². The lowest BCUT2D eigenvalue weighted by atomic mass is 10.3. The molecule has 0 spiro atoms. The minimum absolute atomic E-state index is 0.291. The van der Waals surface area contributed by atoms with Gasteiger partial charge in [0, 0.05) is 6.54 Å². The van der Waals surface area contributed by atoms with Crippen molar-refractivity contribution in [1.29, 1.82) is 0 Å². The zero-order valence-electron chi connectivity index (χ0n) is 5.48. The van der Waals surface area contributed by atoms with Crippen molar-refractivity contribution in [3.63, 3.8) is 0 Å². The molecule has 1 aliphatic rings. The molecule has 0 aromatic heterocycles. The molecular weight excluding hydrogens is 261 g/mol. The fraction of sp³-hybridized carbons (Fsp3) is 0.200. The van der Waals surface area contributed by atoms with E-state index in [1.807, 2.05) is 0 Å². The largest absolute Gasteiger partial charge is 0.334 e. The van der Waals surface area contributed by atoms with Crippen molar-refractivity contribution in [2.75, 3.05) is 6.54 Å². The van der Waals surface area contributed by atoms with Gasteiger partial charge >= 0.3 is 6.03 Å². The lowest BCUT2D eigenvalue weighted by Gasteiger charge is -2.13. The van der Waals surface area contributed by atoms with E-state index in [-0.39, 0.29) is 11.9 Å². The molecule has 0 saturated heterocycles. The van der Waals surface area contributed by atoms with Gasteiger partial charge < -0.3 is 10.6 Å². The second kappa shape index (κ2) is 3.56. The summed E-state index contributed by atoms with van der Waals surface area (Å²) in [6.07, 6.45) is 1.61. The standard InChI is InChI=1S/C5H6IN3O2/c6-9-4(10)3-1-2-7-5(11)8-3/h1H,2H2,(H,9,10)(H2,7,8,11). The molecule has 1 aliphatic heterocycles.